The SMILES string of the molecule is O=C(N1CCC[C@H]1c1ccc(Cl)cc1)C12CC3CC(CC(C3)C1)C2. The molecule has 1 aromatic rings. The molecule has 5 fully saturated rings. The van der Waals surface area contributed by atoms with Gasteiger partial charge in [-0.15, -0.1) is 0 Å². The van der Waals surface area contributed by atoms with Crippen molar-refractivity contribution < 1.29 is 4.79 Å². The van der Waals surface area contributed by atoms with Crippen LogP contribution < -0.4 is 0 Å². The van der Waals surface area contributed by atoms with Crippen molar-refractivity contribution in [2.75, 3.05) is 6.54 Å². The highest BCUT2D eigenvalue weighted by Gasteiger charge is 2.56. The molecule has 0 N–H and O–H groups in total. The van der Waals surface area contributed by atoms with Gasteiger partial charge >= 0.3 is 0 Å². The highest BCUT2D eigenvalue weighted by atomic mass is 35.5. The highest BCUT2D eigenvalue weighted by Crippen LogP contribution is 2.61. The van der Waals surface area contributed by atoms with Crippen molar-refractivity contribution in [2.24, 2.45) is 23.2 Å². The minimum atomic E-state index is -0.0102. The van der Waals surface area contributed by atoms with Crippen LogP contribution in [0.4, 0.5) is 0 Å². The number of benzene rings is 1. The van der Waals surface area contributed by atoms with E-state index in [-0.39, 0.29) is 11.5 Å². The van der Waals surface area contributed by atoms with Gasteiger partial charge < -0.3 is 4.90 Å². The van der Waals surface area contributed by atoms with Crippen LogP contribution in [-0.4, -0.2) is 17.4 Å². The average molecular weight is 344 g/mol. The summed E-state index contributed by atoms with van der Waals surface area (Å²) in [4.78, 5) is 15.9. The molecule has 0 aromatic heterocycles. The Balaban J connectivity index is 1.43. The van der Waals surface area contributed by atoms with Crippen molar-refractivity contribution in [1.29, 1.82) is 0 Å². The van der Waals surface area contributed by atoms with E-state index in [1.807, 2.05) is 12.1 Å². The van der Waals surface area contributed by atoms with Crippen LogP contribution in [0.25, 0.3) is 0 Å². The Kier molecular flexibility index (Phi) is 3.49. The summed E-state index contributed by atoms with van der Waals surface area (Å²) in [5.74, 6) is 2.98. The summed E-state index contributed by atoms with van der Waals surface area (Å²) in [7, 11) is 0. The molecule has 5 aliphatic rings. The van der Waals surface area contributed by atoms with Gasteiger partial charge in [0.25, 0.3) is 0 Å². The summed E-state index contributed by atoms with van der Waals surface area (Å²) in [6, 6.07) is 8.41. The van der Waals surface area contributed by atoms with Crippen molar-refractivity contribution in [3.63, 3.8) is 0 Å². The van der Waals surface area contributed by atoms with Crippen molar-refractivity contribution in [3.05, 3.63) is 34.9 Å². The molecular formula is C21H26ClNO. The Bertz CT molecular complexity index is 617. The predicted molar refractivity (Wildman–Crippen MR) is 95.7 cm³/mol. The van der Waals surface area contributed by atoms with Crippen LogP contribution in [0.1, 0.15) is 63.0 Å². The Morgan fingerprint density at radius 3 is 2.17 bits per heavy atom. The third kappa shape index (κ3) is 2.33. The summed E-state index contributed by atoms with van der Waals surface area (Å²) >= 11 is 6.05. The van der Waals surface area contributed by atoms with E-state index in [2.05, 4.69) is 17.0 Å². The molecule has 0 unspecified atom stereocenters. The maximum Gasteiger partial charge on any atom is 0.229 e. The first-order valence-corrected chi connectivity index (χ1v) is 10.1. The predicted octanol–water partition coefficient (Wildman–Crippen LogP) is 5.22. The Morgan fingerprint density at radius 2 is 1.58 bits per heavy atom. The van der Waals surface area contributed by atoms with Crippen molar-refractivity contribution in [2.45, 2.75) is 57.4 Å². The topological polar surface area (TPSA) is 20.3 Å². The van der Waals surface area contributed by atoms with Crippen LogP contribution in [0.2, 0.25) is 5.02 Å². The Morgan fingerprint density at radius 1 is 1.00 bits per heavy atom. The molecule has 3 heteroatoms. The van der Waals surface area contributed by atoms with Gasteiger partial charge in [0.2, 0.25) is 5.91 Å². The lowest BCUT2D eigenvalue weighted by Gasteiger charge is -2.56. The maximum atomic E-state index is 13.6. The van der Waals surface area contributed by atoms with E-state index in [9.17, 15) is 4.79 Å². The van der Waals surface area contributed by atoms with E-state index in [0.29, 0.717) is 5.91 Å². The fraction of sp³-hybridized carbons (Fsp3) is 0.667. The van der Waals surface area contributed by atoms with E-state index < -0.39 is 0 Å². The Labute approximate surface area is 149 Å². The largest absolute Gasteiger partial charge is 0.335 e. The summed E-state index contributed by atoms with van der Waals surface area (Å²) in [5, 5.41) is 0.774. The molecule has 1 aromatic carbocycles. The molecule has 0 radical (unpaired) electrons. The zero-order valence-corrected chi connectivity index (χ0v) is 15.0. The number of nitrogens with zero attached hydrogens (tertiary/aromatic N) is 1. The lowest BCUT2D eigenvalue weighted by molar-refractivity contribution is -0.158. The van der Waals surface area contributed by atoms with Crippen LogP contribution in [0, 0.1) is 23.2 Å². The van der Waals surface area contributed by atoms with E-state index in [1.54, 1.807) is 0 Å². The van der Waals surface area contributed by atoms with E-state index in [0.717, 1.165) is 42.2 Å². The van der Waals surface area contributed by atoms with E-state index in [1.165, 1.54) is 44.1 Å². The van der Waals surface area contributed by atoms with Gasteiger partial charge in [-0.1, -0.05) is 23.7 Å². The molecule has 128 valence electrons. The van der Waals surface area contributed by atoms with Gasteiger partial charge in [-0.25, -0.2) is 0 Å². The minimum absolute atomic E-state index is 0.0102. The molecule has 1 amide bonds. The quantitative estimate of drug-likeness (QED) is 0.720. The number of amides is 1. The Hall–Kier alpha value is -1.02. The summed E-state index contributed by atoms with van der Waals surface area (Å²) in [5.41, 5.74) is 1.25. The molecule has 4 saturated carbocycles. The van der Waals surface area contributed by atoms with Crippen molar-refractivity contribution in [3.8, 4) is 0 Å². The molecule has 4 bridgehead atoms. The summed E-state index contributed by atoms with van der Waals surface area (Å²) in [6.07, 6.45) is 9.92. The van der Waals surface area contributed by atoms with Gasteiger partial charge in [0.15, 0.2) is 0 Å². The van der Waals surface area contributed by atoms with Gasteiger partial charge in [0, 0.05) is 11.6 Å². The summed E-state index contributed by atoms with van der Waals surface area (Å²) < 4.78 is 0. The molecule has 1 heterocycles. The van der Waals surface area contributed by atoms with Gasteiger partial charge in [-0.05, 0) is 86.8 Å². The number of halogens is 1. The third-order valence-corrected chi connectivity index (χ3v) is 7.51. The molecule has 0 spiro atoms. The molecular weight excluding hydrogens is 318 g/mol. The minimum Gasteiger partial charge on any atom is -0.335 e. The third-order valence-electron chi connectivity index (χ3n) is 7.26. The first-order valence-electron chi connectivity index (χ1n) is 9.69. The number of rotatable bonds is 2. The van der Waals surface area contributed by atoms with Crippen LogP contribution in [0.5, 0.6) is 0 Å². The number of carbonyl (C=O) groups excluding carboxylic acids is 1. The standard InChI is InChI=1S/C21H26ClNO/c22-18-5-3-17(4-6-18)19-2-1-7-23(19)20(24)21-11-14-8-15(12-21)10-16(9-14)13-21/h3-6,14-16,19H,1-2,7-13H2/t14?,15?,16?,19-,21?/m0/s1. The second-order valence-corrected chi connectivity index (χ2v) is 9.34. The van der Waals surface area contributed by atoms with Gasteiger partial charge in [-0.3, -0.25) is 4.79 Å². The van der Waals surface area contributed by atoms with Crippen LogP contribution in [-0.2, 0) is 4.79 Å². The van der Waals surface area contributed by atoms with Crippen LogP contribution in [0.15, 0.2) is 24.3 Å². The monoisotopic (exact) mass is 343 g/mol. The molecule has 1 atom stereocenters. The molecule has 6 rings (SSSR count). The molecule has 1 aliphatic heterocycles. The van der Waals surface area contributed by atoms with Gasteiger partial charge in [0.05, 0.1) is 11.5 Å². The second kappa shape index (κ2) is 5.49. The van der Waals surface area contributed by atoms with Crippen molar-refractivity contribution >= 4 is 17.5 Å². The van der Waals surface area contributed by atoms with Gasteiger partial charge in [-0.2, -0.15) is 0 Å². The lowest BCUT2D eigenvalue weighted by Crippen LogP contribution is -2.54. The molecule has 2 nitrogen and oxygen atoms in total. The number of carbonyl (C=O) groups is 1. The zero-order valence-electron chi connectivity index (χ0n) is 14.2. The van der Waals surface area contributed by atoms with Crippen molar-refractivity contribution in [1.82, 2.24) is 4.90 Å². The first kappa shape index (κ1) is 15.3. The molecule has 1 saturated heterocycles. The zero-order chi connectivity index (χ0) is 16.3. The first-order chi connectivity index (χ1) is 11.6. The highest BCUT2D eigenvalue weighted by molar-refractivity contribution is 6.30. The summed E-state index contributed by atoms with van der Waals surface area (Å²) in [6.45, 7) is 0.938. The lowest BCUT2D eigenvalue weighted by atomic mass is 9.49. The number of likely N-dealkylation sites (tertiary alicyclic amines) is 1. The normalized spacial score (nSPS) is 40.3. The van der Waals surface area contributed by atoms with Crippen LogP contribution >= 0.6 is 11.6 Å². The maximum absolute atomic E-state index is 13.6. The average Bonchev–Trinajstić information content (AvgIpc) is 3.03. The van der Waals surface area contributed by atoms with E-state index >= 15 is 0 Å². The smallest absolute Gasteiger partial charge is 0.229 e. The second-order valence-electron chi connectivity index (χ2n) is 8.91. The number of hydrogen-bond acceptors (Lipinski definition) is 1. The van der Waals surface area contributed by atoms with Gasteiger partial charge in [0.1, 0.15) is 0 Å². The molecule has 4 aliphatic carbocycles. The fourth-order valence-corrected chi connectivity index (χ4v) is 6.84. The van der Waals surface area contributed by atoms with Crippen LogP contribution in [0.3, 0.4) is 0 Å². The fourth-order valence-electron chi connectivity index (χ4n) is 6.72. The van der Waals surface area contributed by atoms with E-state index in [4.69, 9.17) is 11.6 Å². The number of hydrogen-bond donors (Lipinski definition) is 0. The molecule has 24 heavy (non-hydrogen) atoms.